The standard InChI is InChI=1S/C20H16ClFN4O4S/c1-30-18-8-7-14(11-23-18)31(28,29)26-17-9-13(6-5-12(17)10-24-26)25-20(27)19-15(21)3-2-4-16(19)22/h2-9,11,24H,10H2,1H3,(H,25,27). The highest BCUT2D eigenvalue weighted by molar-refractivity contribution is 7.92. The molecule has 2 N–H and O–H groups in total. The molecular weight excluding hydrogens is 447 g/mol. The predicted molar refractivity (Wildman–Crippen MR) is 113 cm³/mol. The number of pyridine rings is 1. The van der Waals surface area contributed by atoms with E-state index in [4.69, 9.17) is 16.3 Å². The minimum Gasteiger partial charge on any atom is -0.481 e. The van der Waals surface area contributed by atoms with Gasteiger partial charge in [0.1, 0.15) is 10.7 Å². The third kappa shape index (κ3) is 3.92. The minimum absolute atomic E-state index is 0.0310. The highest BCUT2D eigenvalue weighted by Gasteiger charge is 2.32. The van der Waals surface area contributed by atoms with Crippen LogP contribution < -0.4 is 19.9 Å². The zero-order valence-electron chi connectivity index (χ0n) is 16.1. The van der Waals surface area contributed by atoms with Crippen molar-refractivity contribution in [3.8, 4) is 5.88 Å². The quantitative estimate of drug-likeness (QED) is 0.603. The van der Waals surface area contributed by atoms with Gasteiger partial charge in [0.05, 0.1) is 29.6 Å². The molecule has 11 heteroatoms. The van der Waals surface area contributed by atoms with Gasteiger partial charge < -0.3 is 10.1 Å². The monoisotopic (exact) mass is 462 g/mol. The molecule has 3 aromatic rings. The molecular formula is C20H16ClFN4O4S. The predicted octanol–water partition coefficient (Wildman–Crippen LogP) is 3.35. The number of hydrogen-bond donors (Lipinski definition) is 2. The van der Waals surface area contributed by atoms with E-state index in [0.717, 1.165) is 10.5 Å². The van der Waals surface area contributed by atoms with Crippen molar-refractivity contribution in [2.45, 2.75) is 11.4 Å². The molecule has 0 fully saturated rings. The molecule has 160 valence electrons. The Morgan fingerprint density at radius 1 is 1.26 bits per heavy atom. The summed E-state index contributed by atoms with van der Waals surface area (Å²) in [6.07, 6.45) is 1.19. The Labute approximate surface area is 182 Å². The Balaban J connectivity index is 1.64. The molecule has 1 aliphatic rings. The average molecular weight is 463 g/mol. The second-order valence-corrected chi connectivity index (χ2v) is 8.73. The van der Waals surface area contributed by atoms with Crippen LogP contribution in [0, 0.1) is 5.82 Å². The Morgan fingerprint density at radius 3 is 2.74 bits per heavy atom. The molecule has 1 amide bonds. The molecule has 0 unspecified atom stereocenters. The van der Waals surface area contributed by atoms with Crippen LogP contribution in [-0.2, 0) is 16.6 Å². The Morgan fingerprint density at radius 2 is 2.06 bits per heavy atom. The van der Waals surface area contributed by atoms with Crippen LogP contribution in [0.1, 0.15) is 15.9 Å². The molecule has 31 heavy (non-hydrogen) atoms. The van der Waals surface area contributed by atoms with Crippen LogP contribution in [0.5, 0.6) is 5.88 Å². The van der Waals surface area contributed by atoms with Crippen LogP contribution in [0.2, 0.25) is 5.02 Å². The van der Waals surface area contributed by atoms with Gasteiger partial charge in [-0.25, -0.2) is 14.8 Å². The molecule has 0 bridgehead atoms. The van der Waals surface area contributed by atoms with E-state index in [-0.39, 0.29) is 33.6 Å². The van der Waals surface area contributed by atoms with E-state index < -0.39 is 21.7 Å². The second-order valence-electron chi connectivity index (χ2n) is 6.53. The summed E-state index contributed by atoms with van der Waals surface area (Å²) in [5, 5.41) is 2.52. The van der Waals surface area contributed by atoms with E-state index in [9.17, 15) is 17.6 Å². The number of methoxy groups -OCH3 is 1. The van der Waals surface area contributed by atoms with Gasteiger partial charge in [-0.2, -0.15) is 12.8 Å². The van der Waals surface area contributed by atoms with E-state index >= 15 is 0 Å². The van der Waals surface area contributed by atoms with E-state index in [2.05, 4.69) is 15.7 Å². The molecule has 0 saturated carbocycles. The third-order valence-corrected chi connectivity index (χ3v) is 6.58. The maximum Gasteiger partial charge on any atom is 0.279 e. The molecule has 8 nitrogen and oxygen atoms in total. The summed E-state index contributed by atoms with van der Waals surface area (Å²) < 4.78 is 46.1. The fraction of sp³-hybridized carbons (Fsp3) is 0.100. The molecule has 0 atom stereocenters. The van der Waals surface area contributed by atoms with Gasteiger partial charge in [-0.3, -0.25) is 4.79 Å². The molecule has 1 aromatic heterocycles. The number of carbonyl (C=O) groups is 1. The lowest BCUT2D eigenvalue weighted by molar-refractivity contribution is 0.102. The van der Waals surface area contributed by atoms with Crippen molar-refractivity contribution in [2.75, 3.05) is 16.8 Å². The first-order valence-electron chi connectivity index (χ1n) is 8.98. The number of amides is 1. The lowest BCUT2D eigenvalue weighted by Crippen LogP contribution is -2.38. The van der Waals surface area contributed by atoms with Gasteiger partial charge in [-0.15, -0.1) is 0 Å². The number of ether oxygens (including phenoxy) is 1. The van der Waals surface area contributed by atoms with E-state index in [1.807, 2.05) is 0 Å². The summed E-state index contributed by atoms with van der Waals surface area (Å²) in [6.45, 7) is 0.269. The van der Waals surface area contributed by atoms with Crippen molar-refractivity contribution in [1.82, 2.24) is 10.4 Å². The summed E-state index contributed by atoms with van der Waals surface area (Å²) in [6, 6.07) is 11.5. The maximum atomic E-state index is 14.0. The summed E-state index contributed by atoms with van der Waals surface area (Å²) in [5.74, 6) is -1.22. The number of nitrogens with zero attached hydrogens (tertiary/aromatic N) is 2. The van der Waals surface area contributed by atoms with Gasteiger partial charge in [-0.1, -0.05) is 23.7 Å². The van der Waals surface area contributed by atoms with Gasteiger partial charge in [0, 0.05) is 18.3 Å². The summed E-state index contributed by atoms with van der Waals surface area (Å²) >= 11 is 5.94. The topological polar surface area (TPSA) is 101 Å². The normalized spacial score (nSPS) is 13.1. The number of carbonyl (C=O) groups excluding carboxylic acids is 1. The molecule has 0 aliphatic carbocycles. The summed E-state index contributed by atoms with van der Waals surface area (Å²) in [7, 11) is -2.55. The van der Waals surface area contributed by atoms with Crippen molar-refractivity contribution >= 4 is 38.9 Å². The lowest BCUT2D eigenvalue weighted by Gasteiger charge is -2.20. The van der Waals surface area contributed by atoms with Crippen molar-refractivity contribution in [3.63, 3.8) is 0 Å². The first kappa shape index (κ1) is 21.0. The number of rotatable bonds is 5. The number of halogens is 2. The summed E-state index contributed by atoms with van der Waals surface area (Å²) in [4.78, 5) is 16.4. The average Bonchev–Trinajstić information content (AvgIpc) is 3.18. The number of hydrazine groups is 1. The van der Waals surface area contributed by atoms with Crippen LogP contribution >= 0.6 is 11.6 Å². The van der Waals surface area contributed by atoms with Crippen LogP contribution in [0.4, 0.5) is 15.8 Å². The zero-order valence-corrected chi connectivity index (χ0v) is 17.7. The number of nitrogens with one attached hydrogen (secondary N) is 2. The smallest absolute Gasteiger partial charge is 0.279 e. The second kappa shape index (κ2) is 8.14. The van der Waals surface area contributed by atoms with E-state index in [0.29, 0.717) is 11.3 Å². The van der Waals surface area contributed by atoms with Gasteiger partial charge in [0.2, 0.25) is 5.88 Å². The summed E-state index contributed by atoms with van der Waals surface area (Å²) in [5.41, 5.74) is 3.82. The molecule has 0 saturated heterocycles. The van der Waals surface area contributed by atoms with E-state index in [1.54, 1.807) is 12.1 Å². The first-order chi connectivity index (χ1) is 14.8. The number of anilines is 2. The number of fused-ring (bicyclic) bond motifs is 1. The van der Waals surface area contributed by atoms with E-state index in [1.165, 1.54) is 43.6 Å². The number of aromatic nitrogens is 1. The van der Waals surface area contributed by atoms with Gasteiger partial charge in [0.25, 0.3) is 15.9 Å². The van der Waals surface area contributed by atoms with Gasteiger partial charge in [0.15, 0.2) is 0 Å². The third-order valence-electron chi connectivity index (χ3n) is 4.62. The molecule has 2 aromatic carbocycles. The molecule has 4 rings (SSSR count). The number of sulfonamides is 1. The number of benzene rings is 2. The van der Waals surface area contributed by atoms with Crippen LogP contribution in [-0.4, -0.2) is 26.4 Å². The van der Waals surface area contributed by atoms with Crippen molar-refractivity contribution in [2.24, 2.45) is 0 Å². The fourth-order valence-corrected chi connectivity index (χ4v) is 4.64. The molecule has 0 radical (unpaired) electrons. The van der Waals surface area contributed by atoms with Crippen molar-refractivity contribution in [1.29, 1.82) is 0 Å². The van der Waals surface area contributed by atoms with Crippen LogP contribution in [0.25, 0.3) is 0 Å². The largest absolute Gasteiger partial charge is 0.481 e. The highest BCUT2D eigenvalue weighted by Crippen LogP contribution is 2.33. The first-order valence-corrected chi connectivity index (χ1v) is 10.8. The van der Waals surface area contributed by atoms with Gasteiger partial charge in [-0.05, 0) is 35.9 Å². The van der Waals surface area contributed by atoms with Crippen LogP contribution in [0.3, 0.4) is 0 Å². The van der Waals surface area contributed by atoms with Gasteiger partial charge >= 0.3 is 0 Å². The van der Waals surface area contributed by atoms with Crippen molar-refractivity contribution in [3.05, 3.63) is 76.7 Å². The Bertz CT molecular complexity index is 1250. The van der Waals surface area contributed by atoms with Crippen LogP contribution in [0.15, 0.2) is 59.6 Å². The minimum atomic E-state index is -3.98. The molecule has 0 spiro atoms. The van der Waals surface area contributed by atoms with Crippen molar-refractivity contribution < 1.29 is 22.3 Å². The molecule has 2 heterocycles. The maximum absolute atomic E-state index is 14.0. The highest BCUT2D eigenvalue weighted by atomic mass is 35.5. The Kier molecular flexibility index (Phi) is 5.52. The lowest BCUT2D eigenvalue weighted by atomic mass is 10.1. The number of hydrogen-bond acceptors (Lipinski definition) is 6. The fourth-order valence-electron chi connectivity index (χ4n) is 3.09. The molecule has 1 aliphatic heterocycles. The Hall–Kier alpha value is -3.21. The SMILES string of the molecule is COc1ccc(S(=O)(=O)N2NCc3ccc(NC(=O)c4c(F)cccc4Cl)cc32)cn1. The zero-order chi connectivity index (χ0) is 22.2.